The average Bonchev–Trinajstić information content (AvgIpc) is 3.39. The highest BCUT2D eigenvalue weighted by molar-refractivity contribution is 7.13. The second-order valence-electron chi connectivity index (χ2n) is 8.24. The van der Waals surface area contributed by atoms with Crippen LogP contribution in [0.15, 0.2) is 46.7 Å². The highest BCUT2D eigenvalue weighted by atomic mass is 32.1. The monoisotopic (exact) mass is 491 g/mol. The largest absolute Gasteiger partial charge is 0.465 e. The summed E-state index contributed by atoms with van der Waals surface area (Å²) >= 11 is 1.43. The van der Waals surface area contributed by atoms with Crippen molar-refractivity contribution in [2.24, 2.45) is 0 Å². The zero-order valence-electron chi connectivity index (χ0n) is 19.4. The van der Waals surface area contributed by atoms with Gasteiger partial charge in [0.2, 0.25) is 5.95 Å². The number of carboxylic acid groups (broad SMARTS) is 1. The molecule has 0 unspecified atom stereocenters. The van der Waals surface area contributed by atoms with E-state index in [-0.39, 0.29) is 5.56 Å². The van der Waals surface area contributed by atoms with Gasteiger partial charge < -0.3 is 20.2 Å². The Kier molecular flexibility index (Phi) is 6.08. The number of hydrogen-bond acceptors (Lipinski definition) is 8. The molecular weight excluding hydrogens is 466 g/mol. The molecule has 0 atom stereocenters. The van der Waals surface area contributed by atoms with Gasteiger partial charge in [-0.05, 0) is 44.2 Å². The number of fused-ring (bicyclic) bond motifs is 1. The molecule has 0 aliphatic carbocycles. The van der Waals surface area contributed by atoms with Gasteiger partial charge in [0.25, 0.3) is 5.56 Å². The maximum absolute atomic E-state index is 13.1. The van der Waals surface area contributed by atoms with Crippen molar-refractivity contribution in [3.8, 4) is 10.6 Å². The first-order valence-corrected chi connectivity index (χ1v) is 12.2. The molecule has 0 saturated carbocycles. The van der Waals surface area contributed by atoms with Crippen LogP contribution in [0.4, 0.5) is 22.1 Å². The van der Waals surface area contributed by atoms with Crippen LogP contribution < -0.4 is 15.8 Å². The van der Waals surface area contributed by atoms with Crippen molar-refractivity contribution in [2.45, 2.75) is 20.4 Å². The lowest BCUT2D eigenvalue weighted by molar-refractivity contribution is 0.142. The van der Waals surface area contributed by atoms with Crippen molar-refractivity contribution >= 4 is 45.8 Å². The predicted molar refractivity (Wildman–Crippen MR) is 137 cm³/mol. The highest BCUT2D eigenvalue weighted by Gasteiger charge is 2.20. The number of benzene rings is 1. The molecule has 11 heteroatoms. The molecule has 1 aliphatic heterocycles. The van der Waals surface area contributed by atoms with Crippen LogP contribution in [0.5, 0.6) is 0 Å². The number of carbonyl (C=O) groups is 1. The normalized spacial score (nSPS) is 13.9. The summed E-state index contributed by atoms with van der Waals surface area (Å²) in [7, 11) is 0. The first-order chi connectivity index (χ1) is 16.9. The van der Waals surface area contributed by atoms with Gasteiger partial charge in [-0.2, -0.15) is 4.98 Å². The van der Waals surface area contributed by atoms with Crippen LogP contribution in [-0.4, -0.2) is 61.8 Å². The van der Waals surface area contributed by atoms with E-state index in [1.54, 1.807) is 10.8 Å². The van der Waals surface area contributed by atoms with Crippen molar-refractivity contribution < 1.29 is 9.90 Å². The van der Waals surface area contributed by atoms with E-state index in [9.17, 15) is 9.59 Å². The molecule has 1 fully saturated rings. The number of aromatic nitrogens is 4. The lowest BCUT2D eigenvalue weighted by atomic mass is 10.2. The third-order valence-electron chi connectivity index (χ3n) is 6.15. The Balaban J connectivity index is 1.40. The van der Waals surface area contributed by atoms with Gasteiger partial charge in [0.1, 0.15) is 10.7 Å². The molecule has 180 valence electrons. The number of nitrogens with one attached hydrogen (secondary N) is 1. The van der Waals surface area contributed by atoms with Gasteiger partial charge in [0.05, 0.1) is 11.3 Å². The molecule has 0 spiro atoms. The highest BCUT2D eigenvalue weighted by Crippen LogP contribution is 2.26. The molecule has 1 saturated heterocycles. The Labute approximate surface area is 205 Å². The Morgan fingerprint density at radius 1 is 1.14 bits per heavy atom. The van der Waals surface area contributed by atoms with Crippen LogP contribution in [-0.2, 0) is 6.54 Å². The van der Waals surface area contributed by atoms with Crippen molar-refractivity contribution in [3.05, 3.63) is 58.0 Å². The topological polar surface area (TPSA) is 116 Å². The van der Waals surface area contributed by atoms with Crippen LogP contribution in [0.1, 0.15) is 12.6 Å². The molecule has 0 bridgehead atoms. The number of hydrogen-bond donors (Lipinski definition) is 2. The maximum Gasteiger partial charge on any atom is 0.407 e. The predicted octanol–water partition coefficient (Wildman–Crippen LogP) is 3.79. The first kappa shape index (κ1) is 22.8. The van der Waals surface area contributed by atoms with Gasteiger partial charge >= 0.3 is 6.09 Å². The average molecular weight is 492 g/mol. The summed E-state index contributed by atoms with van der Waals surface area (Å²) in [6, 6.07) is 9.71. The molecule has 35 heavy (non-hydrogen) atoms. The standard InChI is InChI=1S/C24H25N7O3S/c1-3-31-20-18(14-19(22(31)32)21-25-8-13-35-21)15(2)26-23(28-20)27-16-4-6-17(7-5-16)29-9-11-30(12-10-29)24(33)34/h4-8,13-14H,3,9-12H2,1-2H3,(H,33,34)(H,26,27,28). The Bertz CT molecular complexity index is 1430. The van der Waals surface area contributed by atoms with E-state index in [1.807, 2.05) is 49.6 Å². The summed E-state index contributed by atoms with van der Waals surface area (Å²) in [6.07, 6.45) is 0.820. The van der Waals surface area contributed by atoms with Crippen LogP contribution in [0.25, 0.3) is 21.6 Å². The number of thiazole rings is 1. The fourth-order valence-corrected chi connectivity index (χ4v) is 4.93. The number of aryl methyl sites for hydroxylation is 2. The fraction of sp³-hybridized carbons (Fsp3) is 0.292. The first-order valence-electron chi connectivity index (χ1n) is 11.4. The van der Waals surface area contributed by atoms with E-state index in [1.165, 1.54) is 16.2 Å². The van der Waals surface area contributed by atoms with Gasteiger partial charge in [-0.3, -0.25) is 9.36 Å². The van der Waals surface area contributed by atoms with Gasteiger partial charge in [0.15, 0.2) is 0 Å². The van der Waals surface area contributed by atoms with Crippen molar-refractivity contribution in [1.82, 2.24) is 24.4 Å². The van der Waals surface area contributed by atoms with E-state index in [2.05, 4.69) is 25.2 Å². The zero-order chi connectivity index (χ0) is 24.5. The quantitative estimate of drug-likeness (QED) is 0.433. The number of amides is 1. The second-order valence-corrected chi connectivity index (χ2v) is 9.14. The SMILES string of the molecule is CCn1c(=O)c(-c2nccs2)cc2c(C)nc(Nc3ccc(N4CCN(C(=O)O)CC4)cc3)nc21. The van der Waals surface area contributed by atoms with Gasteiger partial charge in [0, 0.05) is 61.1 Å². The van der Waals surface area contributed by atoms with Crippen molar-refractivity contribution in [3.63, 3.8) is 0 Å². The summed E-state index contributed by atoms with van der Waals surface area (Å²) in [5.74, 6) is 0.418. The van der Waals surface area contributed by atoms with Crippen LogP contribution >= 0.6 is 11.3 Å². The lowest BCUT2D eigenvalue weighted by Gasteiger charge is -2.34. The Hall–Kier alpha value is -3.99. The van der Waals surface area contributed by atoms with Crippen LogP contribution in [0.2, 0.25) is 0 Å². The van der Waals surface area contributed by atoms with E-state index in [0.717, 1.165) is 22.5 Å². The van der Waals surface area contributed by atoms with E-state index in [0.29, 0.717) is 54.9 Å². The van der Waals surface area contributed by atoms with Crippen LogP contribution in [0, 0.1) is 6.92 Å². The third-order valence-corrected chi connectivity index (χ3v) is 6.96. The number of piperazine rings is 1. The number of rotatable bonds is 5. The molecule has 4 heterocycles. The van der Waals surface area contributed by atoms with Gasteiger partial charge in [-0.1, -0.05) is 0 Å². The van der Waals surface area contributed by atoms with E-state index >= 15 is 0 Å². The van der Waals surface area contributed by atoms with Crippen molar-refractivity contribution in [2.75, 3.05) is 36.4 Å². The second kappa shape index (κ2) is 9.34. The summed E-state index contributed by atoms with van der Waals surface area (Å²) in [5, 5.41) is 15.7. The Morgan fingerprint density at radius 3 is 2.51 bits per heavy atom. The third kappa shape index (κ3) is 4.42. The molecule has 5 rings (SSSR count). The minimum atomic E-state index is -0.872. The Morgan fingerprint density at radius 2 is 1.89 bits per heavy atom. The molecule has 3 aromatic heterocycles. The molecule has 2 N–H and O–H groups in total. The summed E-state index contributed by atoms with van der Waals surface area (Å²) in [4.78, 5) is 41.5. The molecule has 1 aromatic carbocycles. The van der Waals surface area contributed by atoms with Crippen LogP contribution in [0.3, 0.4) is 0 Å². The fourth-order valence-electron chi connectivity index (χ4n) is 4.29. The van der Waals surface area contributed by atoms with E-state index < -0.39 is 6.09 Å². The lowest BCUT2D eigenvalue weighted by Crippen LogP contribution is -2.48. The maximum atomic E-state index is 13.1. The number of pyridine rings is 1. The van der Waals surface area contributed by atoms with Gasteiger partial charge in [-0.25, -0.2) is 14.8 Å². The van der Waals surface area contributed by atoms with Crippen molar-refractivity contribution in [1.29, 1.82) is 0 Å². The molecule has 1 amide bonds. The minimum absolute atomic E-state index is 0.119. The summed E-state index contributed by atoms with van der Waals surface area (Å²) in [6.45, 7) is 6.60. The number of anilines is 3. The molecular formula is C24H25N7O3S. The summed E-state index contributed by atoms with van der Waals surface area (Å²) < 4.78 is 1.66. The van der Waals surface area contributed by atoms with E-state index in [4.69, 9.17) is 5.11 Å². The molecule has 10 nitrogen and oxygen atoms in total. The molecule has 0 radical (unpaired) electrons. The molecule has 1 aliphatic rings. The number of nitrogens with zero attached hydrogens (tertiary/aromatic N) is 6. The zero-order valence-corrected chi connectivity index (χ0v) is 20.2. The van der Waals surface area contributed by atoms with Gasteiger partial charge in [-0.15, -0.1) is 11.3 Å². The molecule has 4 aromatic rings. The smallest absolute Gasteiger partial charge is 0.407 e. The minimum Gasteiger partial charge on any atom is -0.465 e. The summed E-state index contributed by atoms with van der Waals surface area (Å²) in [5.41, 5.74) is 3.64.